The van der Waals surface area contributed by atoms with Crippen LogP contribution in [0.1, 0.15) is 31.2 Å². The van der Waals surface area contributed by atoms with E-state index in [0.717, 1.165) is 48.2 Å². The molecule has 6 rings (SSSR count). The number of nitro benzene ring substituents is 1. The average Bonchev–Trinajstić information content (AvgIpc) is 3.43. The van der Waals surface area contributed by atoms with Gasteiger partial charge in [0.25, 0.3) is 17.5 Å². The van der Waals surface area contributed by atoms with Gasteiger partial charge in [-0.2, -0.15) is 0 Å². The molecule has 2 aromatic carbocycles. The lowest BCUT2D eigenvalue weighted by molar-refractivity contribution is -0.387. The number of aromatic nitrogens is 1. The molecule has 0 bridgehead atoms. The fourth-order valence-corrected chi connectivity index (χ4v) is 7.35. The molecule has 1 aliphatic carbocycles. The quantitative estimate of drug-likeness (QED) is 0.151. The number of nitrogens with zero attached hydrogens (tertiary/aromatic N) is 3. The van der Waals surface area contributed by atoms with Gasteiger partial charge in [0, 0.05) is 6.07 Å². The number of hydrogen-bond donors (Lipinski definition) is 2. The van der Waals surface area contributed by atoms with Crippen molar-refractivity contribution in [2.75, 3.05) is 4.90 Å². The van der Waals surface area contributed by atoms with Crippen molar-refractivity contribution >= 4 is 80.4 Å². The first kappa shape index (κ1) is 25.8. The van der Waals surface area contributed by atoms with Gasteiger partial charge in [0.1, 0.15) is 5.57 Å². The zero-order valence-corrected chi connectivity index (χ0v) is 22.2. The number of thiazole rings is 1. The van der Waals surface area contributed by atoms with E-state index < -0.39 is 22.8 Å². The summed E-state index contributed by atoms with van der Waals surface area (Å²) < 4.78 is 1.24. The zero-order valence-electron chi connectivity index (χ0n) is 20.5. The molecular formula is C26H19N5O7S2. The van der Waals surface area contributed by atoms with Gasteiger partial charge in [-0.1, -0.05) is 30.7 Å². The van der Waals surface area contributed by atoms with Gasteiger partial charge >= 0.3 is 6.03 Å². The molecule has 2 atom stereocenters. The molecule has 6 amide bonds. The van der Waals surface area contributed by atoms with Gasteiger partial charge in [0.15, 0.2) is 4.34 Å². The lowest BCUT2D eigenvalue weighted by Crippen LogP contribution is -2.51. The lowest BCUT2D eigenvalue weighted by Gasteiger charge is -2.19. The largest absolute Gasteiger partial charge is 0.328 e. The SMILES string of the molecule is O=C1NC(=O)C(=Cc2ccc(Sc3nc4ccc(N5C(=O)[C@H]6CCCC[C@@H]6C5=O)cc4s3)c([N+](=O)[O-])c2)C(=O)N1. The highest BCUT2D eigenvalue weighted by atomic mass is 32.2. The Labute approximate surface area is 234 Å². The summed E-state index contributed by atoms with van der Waals surface area (Å²) >= 11 is 2.35. The molecular weight excluding hydrogens is 558 g/mol. The molecule has 14 heteroatoms. The van der Waals surface area contributed by atoms with E-state index in [-0.39, 0.29) is 45.4 Å². The highest BCUT2D eigenvalue weighted by Gasteiger charge is 2.48. The number of nitro groups is 1. The average molecular weight is 578 g/mol. The van der Waals surface area contributed by atoms with E-state index in [2.05, 4.69) is 4.98 Å². The summed E-state index contributed by atoms with van der Waals surface area (Å²) in [4.78, 5) is 78.6. The first-order valence-corrected chi connectivity index (χ1v) is 14.0. The smallest absolute Gasteiger partial charge is 0.274 e. The lowest BCUT2D eigenvalue weighted by atomic mass is 9.81. The van der Waals surface area contributed by atoms with Crippen molar-refractivity contribution in [3.8, 4) is 0 Å². The number of hydrogen-bond acceptors (Lipinski definition) is 10. The second-order valence-electron chi connectivity index (χ2n) is 9.52. The van der Waals surface area contributed by atoms with Crippen LogP contribution >= 0.6 is 23.1 Å². The van der Waals surface area contributed by atoms with E-state index in [1.54, 1.807) is 18.2 Å². The Kier molecular flexibility index (Phi) is 6.43. The zero-order chi connectivity index (χ0) is 28.1. The number of carbonyl (C=O) groups excluding carboxylic acids is 5. The summed E-state index contributed by atoms with van der Waals surface area (Å²) in [5.41, 5.74) is 0.729. The number of imide groups is 3. The van der Waals surface area contributed by atoms with Gasteiger partial charge in [0.05, 0.1) is 37.6 Å². The van der Waals surface area contributed by atoms with Gasteiger partial charge in [-0.3, -0.25) is 44.8 Å². The molecule has 2 aliphatic heterocycles. The highest BCUT2D eigenvalue weighted by molar-refractivity contribution is 8.01. The van der Waals surface area contributed by atoms with Crippen molar-refractivity contribution in [3.05, 3.63) is 57.6 Å². The van der Waals surface area contributed by atoms with Crippen LogP contribution in [0.4, 0.5) is 16.2 Å². The number of barbiturate groups is 1. The molecule has 3 heterocycles. The molecule has 40 heavy (non-hydrogen) atoms. The highest BCUT2D eigenvalue weighted by Crippen LogP contribution is 2.43. The number of urea groups is 1. The molecule has 1 saturated carbocycles. The van der Waals surface area contributed by atoms with Crippen LogP contribution in [-0.2, 0) is 19.2 Å². The molecule has 1 aromatic heterocycles. The summed E-state index contributed by atoms with van der Waals surface area (Å²) in [6.07, 6.45) is 4.50. The molecule has 3 aliphatic rings. The van der Waals surface area contributed by atoms with E-state index in [4.69, 9.17) is 0 Å². The molecule has 0 radical (unpaired) electrons. The Morgan fingerprint density at radius 2 is 1.65 bits per heavy atom. The number of amides is 6. The van der Waals surface area contributed by atoms with Crippen LogP contribution in [0.3, 0.4) is 0 Å². The maximum Gasteiger partial charge on any atom is 0.328 e. The minimum Gasteiger partial charge on any atom is -0.274 e. The number of anilines is 1. The molecule has 2 saturated heterocycles. The Hall–Kier alpha value is -4.43. The van der Waals surface area contributed by atoms with Crippen LogP contribution in [0.15, 0.2) is 51.2 Å². The van der Waals surface area contributed by atoms with E-state index >= 15 is 0 Å². The summed E-state index contributed by atoms with van der Waals surface area (Å²) in [5, 5.41) is 15.7. The molecule has 202 valence electrons. The maximum absolute atomic E-state index is 13.0. The summed E-state index contributed by atoms with van der Waals surface area (Å²) in [5.74, 6) is -2.64. The standard InChI is InChI=1S/C26H19N5O7S2/c32-21-16(22(33)29-25(36)28-21)9-12-5-8-19(18(10-12)31(37)38)39-26-27-17-7-6-13(11-20(17)40-26)30-23(34)14-3-1-2-4-15(14)24(30)35/h5-11,14-15H,1-4H2,(H2,28,29,32,33,36)/t14-,15-/m0/s1. The summed E-state index contributed by atoms with van der Waals surface area (Å²) in [6, 6.07) is 8.45. The Morgan fingerprint density at radius 3 is 2.30 bits per heavy atom. The molecule has 2 N–H and O–H groups in total. The minimum absolute atomic E-state index is 0.159. The van der Waals surface area contributed by atoms with E-state index in [9.17, 15) is 34.1 Å². The number of nitrogens with one attached hydrogen (secondary N) is 2. The van der Waals surface area contributed by atoms with Gasteiger partial charge < -0.3 is 0 Å². The minimum atomic E-state index is -0.940. The first-order valence-electron chi connectivity index (χ1n) is 12.3. The fraction of sp³-hybridized carbons (Fsp3) is 0.231. The van der Waals surface area contributed by atoms with E-state index in [1.807, 2.05) is 10.6 Å². The van der Waals surface area contributed by atoms with Crippen LogP contribution in [0, 0.1) is 22.0 Å². The van der Waals surface area contributed by atoms with Crippen molar-refractivity contribution in [3.63, 3.8) is 0 Å². The monoisotopic (exact) mass is 577 g/mol. The van der Waals surface area contributed by atoms with Gasteiger partial charge in [0.2, 0.25) is 11.8 Å². The van der Waals surface area contributed by atoms with E-state index in [0.29, 0.717) is 15.5 Å². The van der Waals surface area contributed by atoms with Gasteiger partial charge in [-0.25, -0.2) is 9.78 Å². The van der Waals surface area contributed by atoms with Crippen molar-refractivity contribution in [1.82, 2.24) is 15.6 Å². The summed E-state index contributed by atoms with van der Waals surface area (Å²) in [6.45, 7) is 0. The van der Waals surface area contributed by atoms with Crippen LogP contribution in [0.2, 0.25) is 0 Å². The van der Waals surface area contributed by atoms with Crippen LogP contribution < -0.4 is 15.5 Å². The van der Waals surface area contributed by atoms with Crippen molar-refractivity contribution in [2.45, 2.75) is 34.9 Å². The van der Waals surface area contributed by atoms with Crippen molar-refractivity contribution in [1.29, 1.82) is 0 Å². The van der Waals surface area contributed by atoms with Crippen LogP contribution in [-0.4, -0.2) is 39.6 Å². The topological polar surface area (TPSA) is 169 Å². The number of benzene rings is 2. The third-order valence-electron chi connectivity index (χ3n) is 7.08. The maximum atomic E-state index is 13.0. The molecule has 12 nitrogen and oxygen atoms in total. The molecule has 3 fully saturated rings. The van der Waals surface area contributed by atoms with Crippen molar-refractivity contribution < 1.29 is 28.9 Å². The first-order chi connectivity index (χ1) is 19.2. The predicted octanol–water partition coefficient (Wildman–Crippen LogP) is 3.78. The number of rotatable bonds is 5. The predicted molar refractivity (Wildman–Crippen MR) is 144 cm³/mol. The second-order valence-corrected chi connectivity index (χ2v) is 11.8. The molecule has 0 unspecified atom stereocenters. The van der Waals surface area contributed by atoms with Crippen LogP contribution in [0.25, 0.3) is 16.3 Å². The Balaban J connectivity index is 1.27. The summed E-state index contributed by atoms with van der Waals surface area (Å²) in [7, 11) is 0. The normalized spacial score (nSPS) is 20.9. The van der Waals surface area contributed by atoms with Crippen molar-refractivity contribution in [2.24, 2.45) is 11.8 Å². The molecule has 0 spiro atoms. The number of fused-ring (bicyclic) bond motifs is 2. The Bertz CT molecular complexity index is 1650. The fourth-order valence-electron chi connectivity index (χ4n) is 5.21. The van der Waals surface area contributed by atoms with Crippen LogP contribution in [0.5, 0.6) is 0 Å². The third kappa shape index (κ3) is 4.54. The number of carbonyl (C=O) groups is 5. The molecule has 3 aromatic rings. The van der Waals surface area contributed by atoms with Gasteiger partial charge in [-0.15, -0.1) is 11.3 Å². The second kappa shape index (κ2) is 9.95. The van der Waals surface area contributed by atoms with Gasteiger partial charge in [-0.05, 0) is 48.7 Å². The van der Waals surface area contributed by atoms with E-state index in [1.165, 1.54) is 34.4 Å². The Morgan fingerprint density at radius 1 is 0.975 bits per heavy atom. The third-order valence-corrected chi connectivity index (χ3v) is 9.23.